The quantitative estimate of drug-likeness (QED) is 0.663. The number of anilines is 1. The molecule has 0 aliphatic heterocycles. The first-order chi connectivity index (χ1) is 13.4. The summed E-state index contributed by atoms with van der Waals surface area (Å²) in [5.74, 6) is 0.983. The third-order valence-corrected chi connectivity index (χ3v) is 5.04. The number of fused-ring (bicyclic) bond motifs is 1. The molecule has 0 saturated heterocycles. The molecule has 0 unspecified atom stereocenters. The van der Waals surface area contributed by atoms with E-state index in [1.54, 1.807) is 0 Å². The first kappa shape index (κ1) is 17.7. The Balaban J connectivity index is 1.26. The summed E-state index contributed by atoms with van der Waals surface area (Å²) < 4.78 is 0. The Hall–Kier alpha value is -2.72. The molecule has 2 heterocycles. The summed E-state index contributed by atoms with van der Waals surface area (Å²) in [6, 6.07) is 19.1. The fraction of sp³-hybridized carbons (Fsp3) is 0.304. The lowest BCUT2D eigenvalue weighted by Gasteiger charge is -2.16. The molecule has 27 heavy (non-hydrogen) atoms. The molecule has 0 amide bonds. The maximum Gasteiger partial charge on any atom is 0.126 e. The molecule has 4 rings (SSSR count). The smallest absolute Gasteiger partial charge is 0.126 e. The Kier molecular flexibility index (Phi) is 5.75. The van der Waals surface area contributed by atoms with Gasteiger partial charge in [-0.15, -0.1) is 0 Å². The predicted octanol–water partition coefficient (Wildman–Crippen LogP) is 4.26. The molecule has 2 N–H and O–H groups in total. The Morgan fingerprint density at radius 2 is 1.59 bits per heavy atom. The molecular formula is C23H26N4. The van der Waals surface area contributed by atoms with Crippen LogP contribution in [-0.4, -0.2) is 9.97 Å². The van der Waals surface area contributed by atoms with E-state index in [4.69, 9.17) is 4.98 Å². The zero-order valence-corrected chi connectivity index (χ0v) is 15.6. The summed E-state index contributed by atoms with van der Waals surface area (Å²) >= 11 is 0. The minimum absolute atomic E-state index is 0.786. The minimum Gasteiger partial charge on any atom is -0.366 e. The van der Waals surface area contributed by atoms with Gasteiger partial charge in [0.2, 0.25) is 0 Å². The van der Waals surface area contributed by atoms with Gasteiger partial charge in [-0.3, -0.25) is 4.98 Å². The Labute approximate surface area is 161 Å². The van der Waals surface area contributed by atoms with E-state index in [1.165, 1.54) is 41.6 Å². The van der Waals surface area contributed by atoms with Crippen molar-refractivity contribution in [1.82, 2.24) is 15.3 Å². The molecule has 0 spiro atoms. The van der Waals surface area contributed by atoms with E-state index in [0.717, 1.165) is 37.6 Å². The van der Waals surface area contributed by atoms with Gasteiger partial charge >= 0.3 is 0 Å². The third kappa shape index (κ3) is 4.92. The predicted molar refractivity (Wildman–Crippen MR) is 109 cm³/mol. The minimum atomic E-state index is 0.786. The van der Waals surface area contributed by atoms with Crippen LogP contribution in [0, 0.1) is 0 Å². The van der Waals surface area contributed by atoms with Crippen LogP contribution in [0.3, 0.4) is 0 Å². The Morgan fingerprint density at radius 1 is 0.778 bits per heavy atom. The summed E-state index contributed by atoms with van der Waals surface area (Å²) in [6.45, 7) is 2.43. The molecule has 0 fully saturated rings. The molecule has 0 bridgehead atoms. The molecule has 2 aromatic heterocycles. The lowest BCUT2D eigenvalue weighted by Crippen LogP contribution is -2.13. The molecular weight excluding hydrogens is 332 g/mol. The number of nitrogens with zero attached hydrogens (tertiary/aromatic N) is 2. The average Bonchev–Trinajstić information content (AvgIpc) is 2.74. The van der Waals surface area contributed by atoms with Crippen LogP contribution < -0.4 is 10.6 Å². The number of hydrogen-bond acceptors (Lipinski definition) is 4. The van der Waals surface area contributed by atoms with Crippen molar-refractivity contribution in [2.24, 2.45) is 0 Å². The van der Waals surface area contributed by atoms with Gasteiger partial charge in [-0.25, -0.2) is 4.98 Å². The first-order valence-corrected chi connectivity index (χ1v) is 9.78. The fourth-order valence-corrected chi connectivity index (χ4v) is 3.49. The van der Waals surface area contributed by atoms with Crippen LogP contribution in [-0.2, 0) is 32.5 Å². The van der Waals surface area contributed by atoms with E-state index in [9.17, 15) is 0 Å². The van der Waals surface area contributed by atoms with Crippen molar-refractivity contribution < 1.29 is 0 Å². The van der Waals surface area contributed by atoms with Gasteiger partial charge in [-0.2, -0.15) is 0 Å². The molecule has 3 aromatic rings. The monoisotopic (exact) mass is 358 g/mol. The lowest BCUT2D eigenvalue weighted by molar-refractivity contribution is 0.668. The number of aromatic nitrogens is 2. The number of rotatable bonds is 7. The van der Waals surface area contributed by atoms with Crippen molar-refractivity contribution in [2.75, 3.05) is 5.32 Å². The average molecular weight is 358 g/mol. The zero-order chi connectivity index (χ0) is 18.3. The van der Waals surface area contributed by atoms with Crippen molar-refractivity contribution in [2.45, 2.75) is 45.3 Å². The summed E-state index contributed by atoms with van der Waals surface area (Å²) in [6.07, 6.45) is 6.68. The number of hydrogen-bond donors (Lipinski definition) is 2. The molecule has 0 saturated carbocycles. The van der Waals surface area contributed by atoms with Crippen LogP contribution in [0.25, 0.3) is 0 Å². The second kappa shape index (κ2) is 8.78. The highest BCUT2D eigenvalue weighted by Gasteiger charge is 2.10. The van der Waals surface area contributed by atoms with Crippen molar-refractivity contribution in [3.8, 4) is 0 Å². The lowest BCUT2D eigenvalue weighted by atomic mass is 9.96. The SMILES string of the molecule is c1ccc(CNCc2ccc(CNc3ccc4c(n3)CCCC4)cc2)nc1. The number of aryl methyl sites for hydroxylation is 2. The molecule has 1 aromatic carbocycles. The van der Waals surface area contributed by atoms with Gasteiger partial charge in [-0.05, 0) is 60.6 Å². The van der Waals surface area contributed by atoms with E-state index in [1.807, 2.05) is 24.4 Å². The molecule has 1 aliphatic rings. The second-order valence-electron chi connectivity index (χ2n) is 7.10. The van der Waals surface area contributed by atoms with Gasteiger partial charge < -0.3 is 10.6 Å². The van der Waals surface area contributed by atoms with Crippen molar-refractivity contribution in [3.05, 3.63) is 88.9 Å². The van der Waals surface area contributed by atoms with Crippen LogP contribution in [0.4, 0.5) is 5.82 Å². The maximum absolute atomic E-state index is 4.79. The zero-order valence-electron chi connectivity index (χ0n) is 15.6. The second-order valence-corrected chi connectivity index (χ2v) is 7.10. The van der Waals surface area contributed by atoms with E-state index < -0.39 is 0 Å². The van der Waals surface area contributed by atoms with Gasteiger partial charge in [0.15, 0.2) is 0 Å². The number of pyridine rings is 2. The molecule has 138 valence electrons. The van der Waals surface area contributed by atoms with E-state index in [0.29, 0.717) is 0 Å². The topological polar surface area (TPSA) is 49.8 Å². The standard InChI is InChI=1S/C23H26N4/c1-2-7-22-20(5-1)12-13-23(27-22)26-16-19-10-8-18(9-11-19)15-24-17-21-6-3-4-14-25-21/h3-4,6,8-14,24H,1-2,5,7,15-17H2,(H,26,27). The Bertz CT molecular complexity index is 859. The molecule has 1 aliphatic carbocycles. The number of benzene rings is 1. The van der Waals surface area contributed by atoms with Crippen LogP contribution in [0.1, 0.15) is 40.9 Å². The van der Waals surface area contributed by atoms with Crippen molar-refractivity contribution >= 4 is 5.82 Å². The van der Waals surface area contributed by atoms with Gasteiger partial charge in [0.25, 0.3) is 0 Å². The molecule has 0 radical (unpaired) electrons. The highest BCUT2D eigenvalue weighted by atomic mass is 15.0. The van der Waals surface area contributed by atoms with Gasteiger partial charge in [0.1, 0.15) is 5.82 Å². The van der Waals surface area contributed by atoms with Gasteiger partial charge in [-0.1, -0.05) is 36.4 Å². The van der Waals surface area contributed by atoms with Crippen LogP contribution in [0.2, 0.25) is 0 Å². The number of nitrogens with one attached hydrogen (secondary N) is 2. The van der Waals surface area contributed by atoms with E-state index in [-0.39, 0.29) is 0 Å². The summed E-state index contributed by atoms with van der Waals surface area (Å²) in [5.41, 5.74) is 6.32. The molecule has 0 atom stereocenters. The van der Waals surface area contributed by atoms with Crippen LogP contribution in [0.15, 0.2) is 60.8 Å². The van der Waals surface area contributed by atoms with Crippen molar-refractivity contribution in [3.63, 3.8) is 0 Å². The van der Waals surface area contributed by atoms with Crippen molar-refractivity contribution in [1.29, 1.82) is 0 Å². The highest BCUT2D eigenvalue weighted by molar-refractivity contribution is 5.40. The highest BCUT2D eigenvalue weighted by Crippen LogP contribution is 2.21. The van der Waals surface area contributed by atoms with Crippen LogP contribution >= 0.6 is 0 Å². The molecule has 4 nitrogen and oxygen atoms in total. The summed E-state index contributed by atoms with van der Waals surface area (Å²) in [7, 11) is 0. The third-order valence-electron chi connectivity index (χ3n) is 5.04. The van der Waals surface area contributed by atoms with Crippen LogP contribution in [0.5, 0.6) is 0 Å². The van der Waals surface area contributed by atoms with Gasteiger partial charge in [0.05, 0.1) is 5.69 Å². The Morgan fingerprint density at radius 3 is 2.41 bits per heavy atom. The molecule has 4 heteroatoms. The first-order valence-electron chi connectivity index (χ1n) is 9.78. The maximum atomic E-state index is 4.79. The fourth-order valence-electron chi connectivity index (χ4n) is 3.49. The van der Waals surface area contributed by atoms with E-state index in [2.05, 4.69) is 52.0 Å². The largest absolute Gasteiger partial charge is 0.366 e. The normalized spacial score (nSPS) is 13.2. The summed E-state index contributed by atoms with van der Waals surface area (Å²) in [5, 5.41) is 6.90. The van der Waals surface area contributed by atoms with E-state index >= 15 is 0 Å². The summed E-state index contributed by atoms with van der Waals surface area (Å²) in [4.78, 5) is 9.12. The van der Waals surface area contributed by atoms with Gasteiger partial charge in [0, 0.05) is 31.5 Å².